The molecule has 0 bridgehead atoms. The second kappa shape index (κ2) is 5.91. The highest BCUT2D eigenvalue weighted by Crippen LogP contribution is 2.31. The molecule has 0 saturated carbocycles. The summed E-state index contributed by atoms with van der Waals surface area (Å²) in [6.45, 7) is 7.91. The van der Waals surface area contributed by atoms with Crippen molar-refractivity contribution in [3.05, 3.63) is 0 Å². The topological polar surface area (TPSA) is 80.7 Å². The standard InChI is InChI=1S/C14H23NO5/c1-5-20-12(17)10-6-8-15(13(18)19,14(2,3)4)9-7-11(10)16/h10H,5-9H2,1-4H3/p+1. The number of likely N-dealkylation sites (tertiary alicyclic amines) is 1. The van der Waals surface area contributed by atoms with Gasteiger partial charge in [0, 0.05) is 6.42 Å². The molecule has 1 rings (SSSR count). The largest absolute Gasteiger partial charge is 0.513 e. The van der Waals surface area contributed by atoms with Crippen LogP contribution in [0.5, 0.6) is 0 Å². The summed E-state index contributed by atoms with van der Waals surface area (Å²) in [5.41, 5.74) is -0.532. The van der Waals surface area contributed by atoms with E-state index in [9.17, 15) is 19.5 Å². The molecule has 0 aliphatic carbocycles. The summed E-state index contributed by atoms with van der Waals surface area (Å²) in [5, 5.41) is 9.61. The predicted octanol–water partition coefficient (Wildman–Crippen LogP) is 1.82. The minimum Gasteiger partial charge on any atom is -0.465 e. The Morgan fingerprint density at radius 1 is 1.35 bits per heavy atom. The lowest BCUT2D eigenvalue weighted by Crippen LogP contribution is -2.63. The van der Waals surface area contributed by atoms with Crippen LogP contribution in [0.4, 0.5) is 4.79 Å². The lowest BCUT2D eigenvalue weighted by atomic mass is 9.99. The molecular formula is C14H24NO5+. The van der Waals surface area contributed by atoms with Crippen molar-refractivity contribution in [2.45, 2.75) is 46.1 Å². The van der Waals surface area contributed by atoms with E-state index in [-0.39, 0.29) is 42.8 Å². The van der Waals surface area contributed by atoms with E-state index in [0.29, 0.717) is 0 Å². The fourth-order valence-electron chi connectivity index (χ4n) is 2.74. The molecule has 114 valence electrons. The molecule has 1 fully saturated rings. The highest BCUT2D eigenvalue weighted by atomic mass is 16.5. The Labute approximate surface area is 119 Å². The van der Waals surface area contributed by atoms with Gasteiger partial charge < -0.3 is 9.84 Å². The SMILES string of the molecule is CCOC(=O)C1CC[N+](C(=O)O)(C(C)(C)C)CCC1=O. The molecule has 0 radical (unpaired) electrons. The average Bonchev–Trinajstić information content (AvgIpc) is 2.48. The van der Waals surface area contributed by atoms with E-state index in [1.54, 1.807) is 6.92 Å². The van der Waals surface area contributed by atoms with Crippen LogP contribution in [0, 0.1) is 5.92 Å². The number of quaternary nitrogens is 1. The van der Waals surface area contributed by atoms with Crippen molar-refractivity contribution in [2.24, 2.45) is 5.92 Å². The fourth-order valence-corrected chi connectivity index (χ4v) is 2.74. The number of carbonyl (C=O) groups excluding carboxylic acids is 2. The van der Waals surface area contributed by atoms with Crippen LogP contribution in [0.2, 0.25) is 0 Å². The van der Waals surface area contributed by atoms with Crippen LogP contribution in [0.1, 0.15) is 40.5 Å². The van der Waals surface area contributed by atoms with Crippen LogP contribution >= 0.6 is 0 Å². The minimum atomic E-state index is -0.949. The third-order valence-electron chi connectivity index (χ3n) is 4.15. The average molecular weight is 286 g/mol. The van der Waals surface area contributed by atoms with Crippen LogP contribution in [0.15, 0.2) is 0 Å². The first-order valence-corrected chi connectivity index (χ1v) is 6.95. The normalized spacial score (nSPS) is 27.8. The number of amides is 1. The number of carbonyl (C=O) groups is 3. The zero-order valence-corrected chi connectivity index (χ0v) is 12.6. The zero-order chi connectivity index (χ0) is 15.6. The van der Waals surface area contributed by atoms with E-state index in [1.807, 2.05) is 20.8 Å². The summed E-state index contributed by atoms with van der Waals surface area (Å²) in [7, 11) is 0. The Balaban J connectivity index is 3.02. The maximum absolute atomic E-state index is 12.1. The van der Waals surface area contributed by atoms with E-state index in [4.69, 9.17) is 4.74 Å². The molecule has 1 saturated heterocycles. The molecule has 1 N–H and O–H groups in total. The molecule has 6 heteroatoms. The Kier molecular flexibility index (Phi) is 4.91. The number of hydrogen-bond acceptors (Lipinski definition) is 4. The lowest BCUT2D eigenvalue weighted by molar-refractivity contribution is -0.902. The highest BCUT2D eigenvalue weighted by molar-refractivity contribution is 5.99. The van der Waals surface area contributed by atoms with Crippen molar-refractivity contribution >= 4 is 17.8 Å². The molecule has 6 nitrogen and oxygen atoms in total. The molecule has 1 aliphatic rings. The third-order valence-corrected chi connectivity index (χ3v) is 4.15. The predicted molar refractivity (Wildman–Crippen MR) is 72.1 cm³/mol. The Morgan fingerprint density at radius 2 is 1.95 bits per heavy atom. The Bertz CT molecular complexity index is 412. The van der Waals surface area contributed by atoms with Gasteiger partial charge in [-0.25, -0.2) is 4.48 Å². The number of esters is 1. The van der Waals surface area contributed by atoms with Crippen molar-refractivity contribution in [1.82, 2.24) is 0 Å². The second-order valence-corrected chi connectivity index (χ2v) is 6.18. The maximum Gasteiger partial charge on any atom is 0.513 e. The van der Waals surface area contributed by atoms with Gasteiger partial charge in [0.25, 0.3) is 0 Å². The van der Waals surface area contributed by atoms with Crippen molar-refractivity contribution < 1.29 is 28.7 Å². The van der Waals surface area contributed by atoms with Gasteiger partial charge in [-0.2, -0.15) is 4.79 Å². The molecule has 0 aromatic rings. The van der Waals surface area contributed by atoms with Crippen molar-refractivity contribution in [3.8, 4) is 0 Å². The van der Waals surface area contributed by atoms with Gasteiger partial charge in [-0.1, -0.05) is 0 Å². The Hall–Kier alpha value is -1.43. The molecule has 0 aromatic carbocycles. The van der Waals surface area contributed by atoms with Gasteiger partial charge in [0.2, 0.25) is 0 Å². The summed E-state index contributed by atoms with van der Waals surface area (Å²) >= 11 is 0. The summed E-state index contributed by atoms with van der Waals surface area (Å²) < 4.78 is 4.71. The molecule has 20 heavy (non-hydrogen) atoms. The number of hydrogen-bond donors (Lipinski definition) is 1. The molecule has 1 heterocycles. The summed E-state index contributed by atoms with van der Waals surface area (Å²) in [6.07, 6.45) is -0.635. The summed E-state index contributed by atoms with van der Waals surface area (Å²) in [6, 6.07) is 0. The van der Waals surface area contributed by atoms with Crippen molar-refractivity contribution in [3.63, 3.8) is 0 Å². The highest BCUT2D eigenvalue weighted by Gasteiger charge is 2.51. The third kappa shape index (κ3) is 3.00. The first-order chi connectivity index (χ1) is 9.15. The van der Waals surface area contributed by atoms with Crippen molar-refractivity contribution in [1.29, 1.82) is 0 Å². The monoisotopic (exact) mass is 286 g/mol. The lowest BCUT2D eigenvalue weighted by Gasteiger charge is -2.42. The van der Waals surface area contributed by atoms with Gasteiger partial charge >= 0.3 is 12.1 Å². The first kappa shape index (κ1) is 16.6. The number of nitrogens with zero attached hydrogens (tertiary/aromatic N) is 1. The quantitative estimate of drug-likeness (QED) is 0.476. The van der Waals surface area contributed by atoms with Crippen LogP contribution in [-0.2, 0) is 14.3 Å². The van der Waals surface area contributed by atoms with E-state index in [1.165, 1.54) is 0 Å². The number of rotatable bonds is 2. The van der Waals surface area contributed by atoms with Crippen LogP contribution in [-0.4, -0.2) is 52.7 Å². The fraction of sp³-hybridized carbons (Fsp3) is 0.786. The van der Waals surface area contributed by atoms with Crippen LogP contribution in [0.3, 0.4) is 0 Å². The Morgan fingerprint density at radius 3 is 2.40 bits per heavy atom. The van der Waals surface area contributed by atoms with E-state index in [0.717, 1.165) is 0 Å². The summed E-state index contributed by atoms with van der Waals surface area (Å²) in [4.78, 5) is 35.6. The van der Waals surface area contributed by atoms with Gasteiger partial charge in [-0.15, -0.1) is 0 Å². The van der Waals surface area contributed by atoms with Gasteiger partial charge in [0.1, 0.15) is 11.5 Å². The zero-order valence-electron chi connectivity index (χ0n) is 12.6. The molecule has 2 atom stereocenters. The van der Waals surface area contributed by atoms with Gasteiger partial charge in [-0.05, 0) is 27.7 Å². The van der Waals surface area contributed by atoms with Crippen LogP contribution < -0.4 is 0 Å². The van der Waals surface area contributed by atoms with E-state index in [2.05, 4.69) is 0 Å². The molecule has 0 spiro atoms. The van der Waals surface area contributed by atoms with Gasteiger partial charge in [-0.3, -0.25) is 9.59 Å². The van der Waals surface area contributed by atoms with Crippen LogP contribution in [0.25, 0.3) is 0 Å². The maximum atomic E-state index is 12.1. The first-order valence-electron chi connectivity index (χ1n) is 6.95. The smallest absolute Gasteiger partial charge is 0.465 e. The molecule has 0 aromatic heterocycles. The number of ketones is 1. The molecule has 2 unspecified atom stereocenters. The summed E-state index contributed by atoms with van der Waals surface area (Å²) in [5.74, 6) is -1.57. The van der Waals surface area contributed by atoms with E-state index < -0.39 is 23.5 Å². The molecule has 1 aliphatic heterocycles. The van der Waals surface area contributed by atoms with Gasteiger partial charge in [0.15, 0.2) is 5.78 Å². The molecular weight excluding hydrogens is 262 g/mol. The molecule has 1 amide bonds. The van der Waals surface area contributed by atoms with Gasteiger partial charge in [0.05, 0.1) is 26.1 Å². The van der Waals surface area contributed by atoms with E-state index >= 15 is 0 Å². The number of carboxylic acid groups (broad SMARTS) is 1. The minimum absolute atomic E-state index is 0.0903. The number of ether oxygens (including phenoxy) is 1. The van der Waals surface area contributed by atoms with Crippen molar-refractivity contribution in [2.75, 3.05) is 19.7 Å². The number of Topliss-reactive ketones (excluding diaryl/α,β-unsaturated/α-hetero) is 1. The second-order valence-electron chi connectivity index (χ2n) is 6.18.